The third kappa shape index (κ3) is 3.48. The summed E-state index contributed by atoms with van der Waals surface area (Å²) < 4.78 is 30.5. The summed E-state index contributed by atoms with van der Waals surface area (Å²) in [4.78, 5) is 7.51. The molecule has 0 aliphatic heterocycles. The third-order valence-electron chi connectivity index (χ3n) is 6.06. The van der Waals surface area contributed by atoms with Gasteiger partial charge in [-0.3, -0.25) is 4.40 Å². The monoisotopic (exact) mass is 424 g/mol. The van der Waals surface area contributed by atoms with E-state index in [1.54, 1.807) is 6.20 Å². The van der Waals surface area contributed by atoms with E-state index in [1.165, 1.54) is 0 Å². The molecular weight excluding hydrogens is 400 g/mol. The fourth-order valence-electron chi connectivity index (χ4n) is 4.72. The Balaban J connectivity index is 1.41. The van der Waals surface area contributed by atoms with E-state index in [0.717, 1.165) is 35.4 Å². The van der Waals surface area contributed by atoms with Crippen LogP contribution in [0.3, 0.4) is 0 Å². The number of aromatic amines is 1. The molecule has 1 aromatic carbocycles. The van der Waals surface area contributed by atoms with Crippen LogP contribution in [0.5, 0.6) is 0 Å². The second-order valence-electron chi connectivity index (χ2n) is 8.03. The maximum absolute atomic E-state index is 12.7. The first kappa shape index (κ1) is 19.2. The van der Waals surface area contributed by atoms with E-state index < -0.39 is 10.0 Å². The van der Waals surface area contributed by atoms with Gasteiger partial charge in [-0.1, -0.05) is 43.7 Å². The van der Waals surface area contributed by atoms with Crippen molar-refractivity contribution in [2.45, 2.75) is 43.9 Å². The molecule has 8 nitrogen and oxygen atoms in total. The van der Waals surface area contributed by atoms with Crippen molar-refractivity contribution in [3.63, 3.8) is 0 Å². The van der Waals surface area contributed by atoms with Crippen molar-refractivity contribution in [1.29, 1.82) is 0 Å². The smallest absolute Gasteiger partial charge is 0.216 e. The largest absolute Gasteiger partial charge is 0.345 e. The quantitative estimate of drug-likeness (QED) is 0.495. The normalized spacial score (nSPS) is 22.2. The fourth-order valence-corrected chi connectivity index (χ4v) is 6.13. The molecule has 3 aromatic heterocycles. The molecule has 0 radical (unpaired) electrons. The lowest BCUT2D eigenvalue weighted by molar-refractivity contribution is 0.449. The summed E-state index contributed by atoms with van der Waals surface area (Å²) in [6, 6.07) is 11.1. The molecule has 3 unspecified atom stereocenters. The second kappa shape index (κ2) is 7.48. The van der Waals surface area contributed by atoms with Gasteiger partial charge >= 0.3 is 0 Å². The Bertz CT molecular complexity index is 1280. The Kier molecular flexibility index (Phi) is 4.79. The lowest BCUT2D eigenvalue weighted by Gasteiger charge is -2.16. The number of hydrogen-bond donors (Lipinski definition) is 2. The van der Waals surface area contributed by atoms with Crippen LogP contribution in [-0.2, 0) is 15.8 Å². The highest BCUT2D eigenvalue weighted by atomic mass is 32.2. The summed E-state index contributed by atoms with van der Waals surface area (Å²) in [6.45, 7) is 2.15. The zero-order valence-corrected chi connectivity index (χ0v) is 17.5. The Labute approximate surface area is 174 Å². The van der Waals surface area contributed by atoms with Crippen molar-refractivity contribution in [2.24, 2.45) is 5.92 Å². The molecule has 9 heteroatoms. The zero-order valence-electron chi connectivity index (χ0n) is 16.7. The molecule has 0 amide bonds. The van der Waals surface area contributed by atoms with Gasteiger partial charge in [0.05, 0.1) is 17.5 Å². The van der Waals surface area contributed by atoms with Crippen LogP contribution in [0.2, 0.25) is 0 Å². The number of hydrogen-bond acceptors (Lipinski definition) is 5. The molecule has 0 saturated heterocycles. The number of H-pyrrole nitrogens is 1. The van der Waals surface area contributed by atoms with Crippen molar-refractivity contribution in [3.05, 3.63) is 60.2 Å². The minimum absolute atomic E-state index is 0.00466. The van der Waals surface area contributed by atoms with Gasteiger partial charge in [0, 0.05) is 18.2 Å². The molecular formula is C21H24N6O2S. The molecule has 2 N–H and O–H groups in total. The number of sulfonamides is 1. The number of nitrogens with zero attached hydrogens (tertiary/aromatic N) is 4. The predicted octanol–water partition coefficient (Wildman–Crippen LogP) is 3.00. The summed E-state index contributed by atoms with van der Waals surface area (Å²) in [5.74, 6) is 1.35. The summed E-state index contributed by atoms with van der Waals surface area (Å²) in [7, 11) is -3.42. The molecule has 0 spiro atoms. The van der Waals surface area contributed by atoms with Gasteiger partial charge < -0.3 is 4.98 Å². The Hall–Kier alpha value is -2.78. The lowest BCUT2D eigenvalue weighted by Crippen LogP contribution is -2.34. The number of benzene rings is 1. The first-order valence-corrected chi connectivity index (χ1v) is 11.9. The Morgan fingerprint density at radius 2 is 2.00 bits per heavy atom. The summed E-state index contributed by atoms with van der Waals surface area (Å²) in [5, 5.41) is 8.80. The van der Waals surface area contributed by atoms with E-state index in [4.69, 9.17) is 0 Å². The lowest BCUT2D eigenvalue weighted by atomic mass is 9.93. The van der Waals surface area contributed by atoms with Crippen LogP contribution in [0, 0.1) is 5.92 Å². The van der Waals surface area contributed by atoms with E-state index in [-0.39, 0.29) is 17.7 Å². The van der Waals surface area contributed by atoms with E-state index in [0.29, 0.717) is 18.0 Å². The predicted molar refractivity (Wildman–Crippen MR) is 114 cm³/mol. The SMILES string of the molecule is CCC1CC(NS(=O)(=O)Cc2ccccc2)CC1c1nnc2cnc3[nH]ccc3n12. The Morgan fingerprint density at radius 3 is 2.80 bits per heavy atom. The van der Waals surface area contributed by atoms with Gasteiger partial charge in [0.1, 0.15) is 5.82 Å². The van der Waals surface area contributed by atoms with Crippen LogP contribution in [-0.4, -0.2) is 39.0 Å². The van der Waals surface area contributed by atoms with Gasteiger partial charge in [-0.2, -0.15) is 0 Å². The molecule has 1 saturated carbocycles. The molecule has 1 aliphatic rings. The summed E-state index contributed by atoms with van der Waals surface area (Å²) in [5.41, 5.74) is 3.22. The molecule has 1 aliphatic carbocycles. The van der Waals surface area contributed by atoms with Crippen LogP contribution in [0.25, 0.3) is 16.8 Å². The second-order valence-corrected chi connectivity index (χ2v) is 9.78. The molecule has 5 rings (SSSR count). The van der Waals surface area contributed by atoms with Crippen molar-refractivity contribution >= 4 is 26.8 Å². The van der Waals surface area contributed by atoms with Crippen molar-refractivity contribution in [3.8, 4) is 0 Å². The van der Waals surface area contributed by atoms with Crippen molar-refractivity contribution < 1.29 is 8.42 Å². The van der Waals surface area contributed by atoms with Crippen LogP contribution in [0.15, 0.2) is 48.8 Å². The van der Waals surface area contributed by atoms with Gasteiger partial charge in [-0.25, -0.2) is 18.1 Å². The first-order valence-electron chi connectivity index (χ1n) is 10.2. The molecule has 4 aromatic rings. The minimum atomic E-state index is -3.42. The van der Waals surface area contributed by atoms with E-state index in [9.17, 15) is 8.42 Å². The summed E-state index contributed by atoms with van der Waals surface area (Å²) in [6.07, 6.45) is 6.03. The maximum atomic E-state index is 12.7. The fraction of sp³-hybridized carbons (Fsp3) is 0.381. The highest BCUT2D eigenvalue weighted by Gasteiger charge is 2.38. The molecule has 1 fully saturated rings. The van der Waals surface area contributed by atoms with Gasteiger partial charge in [-0.05, 0) is 30.4 Å². The van der Waals surface area contributed by atoms with Crippen molar-refractivity contribution in [1.82, 2.24) is 29.3 Å². The van der Waals surface area contributed by atoms with E-state index in [1.807, 2.05) is 47.0 Å². The van der Waals surface area contributed by atoms with Crippen molar-refractivity contribution in [2.75, 3.05) is 0 Å². The van der Waals surface area contributed by atoms with E-state index in [2.05, 4.69) is 31.8 Å². The molecule has 3 heterocycles. The summed E-state index contributed by atoms with van der Waals surface area (Å²) >= 11 is 0. The van der Waals surface area contributed by atoms with Gasteiger partial charge in [0.25, 0.3) is 0 Å². The third-order valence-corrected chi connectivity index (χ3v) is 7.47. The first-order chi connectivity index (χ1) is 14.5. The number of aromatic nitrogens is 5. The standard InChI is InChI=1S/C21H24N6O2S/c1-2-15-10-16(26-30(28,29)13-14-6-4-3-5-7-14)11-17(15)21-25-24-19-12-23-20-18(27(19)21)8-9-22-20/h3-9,12,15-17,22,26H,2,10-11,13H2,1H3. The zero-order chi connectivity index (χ0) is 20.7. The number of rotatable bonds is 6. The average Bonchev–Trinajstić information content (AvgIpc) is 3.44. The van der Waals surface area contributed by atoms with Gasteiger partial charge in [0.15, 0.2) is 11.3 Å². The molecule has 0 bridgehead atoms. The van der Waals surface area contributed by atoms with Gasteiger partial charge in [-0.15, -0.1) is 10.2 Å². The molecule has 30 heavy (non-hydrogen) atoms. The Morgan fingerprint density at radius 1 is 1.17 bits per heavy atom. The van der Waals surface area contributed by atoms with Crippen LogP contribution in [0.4, 0.5) is 0 Å². The molecule has 3 atom stereocenters. The molecule has 156 valence electrons. The number of nitrogens with one attached hydrogen (secondary N) is 2. The van der Waals surface area contributed by atoms with Crippen LogP contribution < -0.4 is 4.72 Å². The van der Waals surface area contributed by atoms with Gasteiger partial charge in [0.2, 0.25) is 10.0 Å². The minimum Gasteiger partial charge on any atom is -0.345 e. The van der Waals surface area contributed by atoms with Crippen LogP contribution in [0.1, 0.15) is 43.5 Å². The highest BCUT2D eigenvalue weighted by molar-refractivity contribution is 7.88. The maximum Gasteiger partial charge on any atom is 0.216 e. The topological polar surface area (TPSA) is 105 Å². The average molecular weight is 425 g/mol. The van der Waals surface area contributed by atoms with Crippen LogP contribution >= 0.6 is 0 Å². The number of fused-ring (bicyclic) bond motifs is 3. The highest BCUT2D eigenvalue weighted by Crippen LogP contribution is 2.41. The van der Waals surface area contributed by atoms with E-state index >= 15 is 0 Å².